The molecule has 1 saturated carbocycles. The molecule has 3 rings (SSSR count). The lowest BCUT2D eigenvalue weighted by Gasteiger charge is -2.32. The molecule has 2 aliphatic heterocycles. The van der Waals surface area contributed by atoms with Crippen LogP contribution in [0.1, 0.15) is 19.3 Å². The minimum atomic E-state index is -0.743. The Balaban J connectivity index is 2.09. The zero-order valence-electron chi connectivity index (χ0n) is 7.40. The molecule has 0 bridgehead atoms. The maximum absolute atomic E-state index is 9.76. The van der Waals surface area contributed by atoms with Gasteiger partial charge in [0.1, 0.15) is 0 Å². The molecule has 0 aromatic carbocycles. The van der Waals surface area contributed by atoms with E-state index in [9.17, 15) is 10.2 Å². The molecule has 2 N–H and O–H groups in total. The molecule has 2 saturated heterocycles. The Morgan fingerprint density at radius 3 is 1.85 bits per heavy atom. The zero-order chi connectivity index (χ0) is 9.10. The summed E-state index contributed by atoms with van der Waals surface area (Å²) in [6.07, 6.45) is 1.39. The maximum atomic E-state index is 9.76. The summed E-state index contributed by atoms with van der Waals surface area (Å²) in [4.78, 5) is 0. The van der Waals surface area contributed by atoms with Crippen molar-refractivity contribution >= 4 is 0 Å². The summed E-state index contributed by atoms with van der Waals surface area (Å²) in [5.41, 5.74) is -0.626. The highest BCUT2D eigenvalue weighted by Gasteiger charge is 2.71. The third-order valence-electron chi connectivity index (χ3n) is 4.18. The first-order chi connectivity index (χ1) is 6.21. The van der Waals surface area contributed by atoms with E-state index in [1.807, 2.05) is 0 Å². The third-order valence-corrected chi connectivity index (χ3v) is 4.18. The van der Waals surface area contributed by atoms with Crippen LogP contribution in [0.25, 0.3) is 0 Å². The number of rotatable bonds is 0. The fourth-order valence-electron chi connectivity index (χ4n) is 3.30. The summed E-state index contributed by atoms with van der Waals surface area (Å²) in [5, 5.41) is 19.5. The van der Waals surface area contributed by atoms with Gasteiger partial charge in [0, 0.05) is 0 Å². The van der Waals surface area contributed by atoms with Gasteiger partial charge < -0.3 is 19.7 Å². The molecule has 2 heterocycles. The van der Waals surface area contributed by atoms with E-state index in [1.54, 1.807) is 0 Å². The molecular formula is C9H14O4. The Bertz CT molecular complexity index is 220. The van der Waals surface area contributed by atoms with E-state index >= 15 is 0 Å². The molecule has 0 aromatic rings. The van der Waals surface area contributed by atoms with Crippen LogP contribution < -0.4 is 0 Å². The summed E-state index contributed by atoms with van der Waals surface area (Å²) < 4.78 is 10.5. The lowest BCUT2D eigenvalue weighted by molar-refractivity contribution is -0.152. The highest BCUT2D eigenvalue weighted by atomic mass is 16.6. The second-order valence-corrected chi connectivity index (χ2v) is 4.49. The van der Waals surface area contributed by atoms with Crippen molar-refractivity contribution in [1.29, 1.82) is 0 Å². The van der Waals surface area contributed by atoms with Gasteiger partial charge in [-0.3, -0.25) is 0 Å². The van der Waals surface area contributed by atoms with Crippen LogP contribution in [0.5, 0.6) is 0 Å². The van der Waals surface area contributed by atoms with Crippen molar-refractivity contribution in [1.82, 2.24) is 0 Å². The van der Waals surface area contributed by atoms with Gasteiger partial charge in [-0.2, -0.15) is 0 Å². The standard InChI is InChI=1S/C9H14O4/c10-6-8-2-1-3-9(8,5-13-6)7(11)12-4-8/h6-7,10-11H,1-5H2/t6?,7?,8-,9+. The van der Waals surface area contributed by atoms with Gasteiger partial charge in [0.25, 0.3) is 0 Å². The van der Waals surface area contributed by atoms with Crippen molar-refractivity contribution in [3.05, 3.63) is 0 Å². The monoisotopic (exact) mass is 186 g/mol. The predicted octanol–water partition coefficient (Wildman–Crippen LogP) is -0.160. The van der Waals surface area contributed by atoms with Crippen LogP contribution >= 0.6 is 0 Å². The SMILES string of the molecule is OC1OC[C@@]23CCC[C@]12COC3O. The van der Waals surface area contributed by atoms with Crippen LogP contribution in [0, 0.1) is 10.8 Å². The lowest BCUT2D eigenvalue weighted by atomic mass is 9.69. The fraction of sp³-hybridized carbons (Fsp3) is 1.00. The van der Waals surface area contributed by atoms with E-state index in [0.29, 0.717) is 13.2 Å². The van der Waals surface area contributed by atoms with Crippen LogP contribution in [-0.2, 0) is 9.47 Å². The van der Waals surface area contributed by atoms with Gasteiger partial charge >= 0.3 is 0 Å². The minimum Gasteiger partial charge on any atom is -0.367 e. The average molecular weight is 186 g/mol. The number of aliphatic hydroxyl groups excluding tert-OH is 2. The third kappa shape index (κ3) is 0.687. The fourth-order valence-corrected chi connectivity index (χ4v) is 3.30. The number of ether oxygens (including phenoxy) is 2. The molecule has 2 unspecified atom stereocenters. The van der Waals surface area contributed by atoms with Crippen molar-refractivity contribution in [2.45, 2.75) is 31.8 Å². The molecule has 1 aliphatic carbocycles. The van der Waals surface area contributed by atoms with Crippen molar-refractivity contribution in [2.24, 2.45) is 10.8 Å². The lowest BCUT2D eigenvalue weighted by Crippen LogP contribution is -2.42. The summed E-state index contributed by atoms with van der Waals surface area (Å²) in [6.45, 7) is 0.880. The second kappa shape index (κ2) is 2.25. The van der Waals surface area contributed by atoms with Crippen LogP contribution in [-0.4, -0.2) is 36.0 Å². The van der Waals surface area contributed by atoms with Gasteiger partial charge in [-0.25, -0.2) is 0 Å². The first kappa shape index (κ1) is 8.17. The molecule has 0 aromatic heterocycles. The van der Waals surface area contributed by atoms with Crippen LogP contribution in [0.4, 0.5) is 0 Å². The largest absolute Gasteiger partial charge is 0.367 e. The highest BCUT2D eigenvalue weighted by molar-refractivity contribution is 5.12. The Morgan fingerprint density at radius 2 is 1.38 bits per heavy atom. The molecular weight excluding hydrogens is 172 g/mol. The van der Waals surface area contributed by atoms with Gasteiger partial charge in [0.2, 0.25) is 0 Å². The average Bonchev–Trinajstić information content (AvgIpc) is 2.67. The second-order valence-electron chi connectivity index (χ2n) is 4.49. The molecule has 4 atom stereocenters. The van der Waals surface area contributed by atoms with Crippen LogP contribution in [0.2, 0.25) is 0 Å². The molecule has 13 heavy (non-hydrogen) atoms. The van der Waals surface area contributed by atoms with Crippen molar-refractivity contribution < 1.29 is 19.7 Å². The maximum Gasteiger partial charge on any atom is 0.163 e. The molecule has 0 amide bonds. The van der Waals surface area contributed by atoms with Crippen molar-refractivity contribution in [3.8, 4) is 0 Å². The topological polar surface area (TPSA) is 58.9 Å². The van der Waals surface area contributed by atoms with Gasteiger partial charge in [0.15, 0.2) is 12.6 Å². The molecule has 3 fully saturated rings. The van der Waals surface area contributed by atoms with Crippen LogP contribution in [0.15, 0.2) is 0 Å². The Labute approximate surface area is 76.5 Å². The summed E-state index contributed by atoms with van der Waals surface area (Å²) in [7, 11) is 0. The smallest absolute Gasteiger partial charge is 0.163 e. The van der Waals surface area contributed by atoms with E-state index in [1.165, 1.54) is 0 Å². The van der Waals surface area contributed by atoms with Gasteiger partial charge in [-0.1, -0.05) is 6.42 Å². The van der Waals surface area contributed by atoms with E-state index in [0.717, 1.165) is 19.3 Å². The molecule has 4 nitrogen and oxygen atoms in total. The van der Waals surface area contributed by atoms with E-state index < -0.39 is 12.6 Å². The van der Waals surface area contributed by atoms with Gasteiger partial charge in [-0.05, 0) is 12.8 Å². The summed E-state index contributed by atoms with van der Waals surface area (Å²) >= 11 is 0. The highest BCUT2D eigenvalue weighted by Crippen LogP contribution is 2.64. The Hall–Kier alpha value is -0.160. The Kier molecular flexibility index (Phi) is 1.42. The number of hydrogen-bond donors (Lipinski definition) is 2. The van der Waals surface area contributed by atoms with Crippen LogP contribution in [0.3, 0.4) is 0 Å². The first-order valence-electron chi connectivity index (χ1n) is 4.81. The molecule has 4 heteroatoms. The quantitative estimate of drug-likeness (QED) is 0.552. The van der Waals surface area contributed by atoms with Crippen molar-refractivity contribution in [2.75, 3.05) is 13.2 Å². The zero-order valence-corrected chi connectivity index (χ0v) is 7.40. The van der Waals surface area contributed by atoms with E-state index in [-0.39, 0.29) is 10.8 Å². The van der Waals surface area contributed by atoms with Gasteiger partial charge in [-0.15, -0.1) is 0 Å². The summed E-state index contributed by atoms with van der Waals surface area (Å²) in [6, 6.07) is 0. The summed E-state index contributed by atoms with van der Waals surface area (Å²) in [5.74, 6) is 0. The van der Waals surface area contributed by atoms with Gasteiger partial charge in [0.05, 0.1) is 24.0 Å². The molecule has 74 valence electrons. The minimum absolute atomic E-state index is 0.313. The normalized spacial score (nSPS) is 59.5. The number of hydrogen-bond acceptors (Lipinski definition) is 4. The van der Waals surface area contributed by atoms with Crippen molar-refractivity contribution in [3.63, 3.8) is 0 Å². The molecule has 0 radical (unpaired) electrons. The van der Waals surface area contributed by atoms with E-state index in [2.05, 4.69) is 0 Å². The predicted molar refractivity (Wildman–Crippen MR) is 42.6 cm³/mol. The molecule has 3 aliphatic rings. The van der Waals surface area contributed by atoms with E-state index in [4.69, 9.17) is 9.47 Å². The molecule has 0 spiro atoms. The Morgan fingerprint density at radius 1 is 0.923 bits per heavy atom. The first-order valence-corrected chi connectivity index (χ1v) is 4.81. The number of aliphatic hydroxyl groups is 2.